The molecule has 2 aromatic rings. The van der Waals surface area contributed by atoms with Gasteiger partial charge in [-0.1, -0.05) is 42.5 Å². The predicted molar refractivity (Wildman–Crippen MR) is 131 cm³/mol. The number of rotatable bonds is 11. The number of nitrogens with zero attached hydrogens (tertiary/aromatic N) is 2. The monoisotopic (exact) mass is 438 g/mol. The van der Waals surface area contributed by atoms with Gasteiger partial charge in [-0.2, -0.15) is 0 Å². The molecule has 3 rings (SSSR count). The van der Waals surface area contributed by atoms with Gasteiger partial charge in [-0.05, 0) is 56.5 Å². The van der Waals surface area contributed by atoms with Crippen LogP contribution in [0, 0.1) is 0 Å². The lowest BCUT2D eigenvalue weighted by Gasteiger charge is -2.31. The number of aliphatic imine (C=N–C) groups is 1. The van der Waals surface area contributed by atoms with Crippen molar-refractivity contribution in [2.45, 2.75) is 38.8 Å². The van der Waals surface area contributed by atoms with Crippen LogP contribution >= 0.6 is 0 Å². The number of ether oxygens (including phenoxy) is 2. The van der Waals surface area contributed by atoms with E-state index in [0.29, 0.717) is 19.2 Å². The van der Waals surface area contributed by atoms with Crippen LogP contribution in [0.5, 0.6) is 5.75 Å². The zero-order chi connectivity index (χ0) is 22.4. The molecule has 0 aromatic heterocycles. The number of benzene rings is 2. The van der Waals surface area contributed by atoms with E-state index in [2.05, 4.69) is 65.9 Å². The molecule has 0 spiro atoms. The van der Waals surface area contributed by atoms with Gasteiger partial charge in [-0.25, -0.2) is 4.99 Å². The van der Waals surface area contributed by atoms with Crippen molar-refractivity contribution in [1.82, 2.24) is 15.5 Å². The Morgan fingerprint density at radius 2 is 1.84 bits per heavy atom. The fourth-order valence-electron chi connectivity index (χ4n) is 3.83. The molecule has 1 aliphatic heterocycles. The van der Waals surface area contributed by atoms with Crippen molar-refractivity contribution < 1.29 is 9.47 Å². The number of nitrogens with one attached hydrogen (secondary N) is 2. The molecule has 0 aliphatic carbocycles. The summed E-state index contributed by atoms with van der Waals surface area (Å²) in [6.45, 7) is 7.72. The Bertz CT molecular complexity index is 806. The molecule has 6 heteroatoms. The van der Waals surface area contributed by atoms with Gasteiger partial charge in [0, 0.05) is 38.9 Å². The molecule has 0 bridgehead atoms. The first-order valence-electron chi connectivity index (χ1n) is 11.8. The van der Waals surface area contributed by atoms with Crippen LogP contribution in [0.2, 0.25) is 0 Å². The minimum absolute atomic E-state index is 0.604. The Morgan fingerprint density at radius 1 is 1.06 bits per heavy atom. The van der Waals surface area contributed by atoms with Crippen LogP contribution in [0.1, 0.15) is 30.9 Å². The smallest absolute Gasteiger partial charge is 0.191 e. The summed E-state index contributed by atoms with van der Waals surface area (Å²) >= 11 is 0. The molecule has 1 fully saturated rings. The average Bonchev–Trinajstić information content (AvgIpc) is 2.84. The van der Waals surface area contributed by atoms with Crippen molar-refractivity contribution in [3.8, 4) is 5.75 Å². The van der Waals surface area contributed by atoms with Gasteiger partial charge in [0.25, 0.3) is 0 Å². The SMILES string of the molecule is CCNC(=NCc1cccc(OCCN(C)C2CCOCC2)c1)NCCc1ccccc1. The Morgan fingerprint density at radius 3 is 2.62 bits per heavy atom. The number of likely N-dealkylation sites (N-methyl/N-ethyl adjacent to an activating group) is 1. The van der Waals surface area contributed by atoms with Crippen LogP contribution in [0.3, 0.4) is 0 Å². The largest absolute Gasteiger partial charge is 0.492 e. The molecule has 2 N–H and O–H groups in total. The quantitative estimate of drug-likeness (QED) is 0.416. The molecule has 0 unspecified atom stereocenters. The van der Waals surface area contributed by atoms with Crippen molar-refractivity contribution in [3.05, 3.63) is 65.7 Å². The van der Waals surface area contributed by atoms with Crippen LogP contribution in [-0.2, 0) is 17.7 Å². The second kappa shape index (κ2) is 13.8. The molecule has 0 radical (unpaired) electrons. The summed E-state index contributed by atoms with van der Waals surface area (Å²) in [6.07, 6.45) is 3.19. The van der Waals surface area contributed by atoms with E-state index in [1.165, 1.54) is 5.56 Å². The summed E-state index contributed by atoms with van der Waals surface area (Å²) < 4.78 is 11.5. The number of guanidine groups is 1. The minimum atomic E-state index is 0.604. The van der Waals surface area contributed by atoms with E-state index in [1.807, 2.05) is 18.2 Å². The van der Waals surface area contributed by atoms with Gasteiger partial charge in [0.1, 0.15) is 12.4 Å². The molecule has 1 saturated heterocycles. The van der Waals surface area contributed by atoms with Crippen LogP contribution in [-0.4, -0.2) is 63.4 Å². The van der Waals surface area contributed by atoms with Gasteiger partial charge in [0.05, 0.1) is 6.54 Å². The van der Waals surface area contributed by atoms with E-state index in [4.69, 9.17) is 14.5 Å². The maximum Gasteiger partial charge on any atom is 0.191 e. The zero-order valence-electron chi connectivity index (χ0n) is 19.6. The summed E-state index contributed by atoms with van der Waals surface area (Å²) in [7, 11) is 2.18. The van der Waals surface area contributed by atoms with E-state index < -0.39 is 0 Å². The predicted octanol–water partition coefficient (Wildman–Crippen LogP) is 3.47. The molecule has 0 atom stereocenters. The second-order valence-electron chi connectivity index (χ2n) is 8.18. The zero-order valence-corrected chi connectivity index (χ0v) is 19.6. The molecule has 32 heavy (non-hydrogen) atoms. The summed E-state index contributed by atoms with van der Waals surface area (Å²) in [4.78, 5) is 7.13. The van der Waals surface area contributed by atoms with Gasteiger partial charge >= 0.3 is 0 Å². The first kappa shape index (κ1) is 24.1. The maximum absolute atomic E-state index is 6.02. The molecule has 2 aromatic carbocycles. The van der Waals surface area contributed by atoms with Crippen LogP contribution in [0.25, 0.3) is 0 Å². The summed E-state index contributed by atoms with van der Waals surface area (Å²) in [6, 6.07) is 19.3. The molecule has 1 aliphatic rings. The van der Waals surface area contributed by atoms with Gasteiger partial charge in [-0.15, -0.1) is 0 Å². The van der Waals surface area contributed by atoms with Crippen molar-refractivity contribution in [1.29, 1.82) is 0 Å². The maximum atomic E-state index is 6.02. The molecular weight excluding hydrogens is 400 g/mol. The third-order valence-electron chi connectivity index (χ3n) is 5.74. The van der Waals surface area contributed by atoms with Crippen molar-refractivity contribution in [3.63, 3.8) is 0 Å². The summed E-state index contributed by atoms with van der Waals surface area (Å²) in [5.41, 5.74) is 2.46. The normalized spacial score (nSPS) is 15.0. The lowest BCUT2D eigenvalue weighted by Crippen LogP contribution is -2.38. The third kappa shape index (κ3) is 8.52. The highest BCUT2D eigenvalue weighted by molar-refractivity contribution is 5.79. The van der Waals surface area contributed by atoms with Crippen LogP contribution < -0.4 is 15.4 Å². The molecule has 0 saturated carbocycles. The third-order valence-corrected chi connectivity index (χ3v) is 5.74. The number of hydrogen-bond donors (Lipinski definition) is 2. The fraction of sp³-hybridized carbons (Fsp3) is 0.500. The van der Waals surface area contributed by atoms with E-state index in [9.17, 15) is 0 Å². The minimum Gasteiger partial charge on any atom is -0.492 e. The van der Waals surface area contributed by atoms with E-state index >= 15 is 0 Å². The highest BCUT2D eigenvalue weighted by atomic mass is 16.5. The molecule has 1 heterocycles. The molecule has 174 valence electrons. The van der Waals surface area contributed by atoms with Crippen molar-refractivity contribution in [2.24, 2.45) is 4.99 Å². The highest BCUT2D eigenvalue weighted by Gasteiger charge is 2.17. The van der Waals surface area contributed by atoms with Crippen LogP contribution in [0.4, 0.5) is 0 Å². The molecule has 0 amide bonds. The van der Waals surface area contributed by atoms with Gasteiger partial charge < -0.3 is 20.1 Å². The summed E-state index contributed by atoms with van der Waals surface area (Å²) in [5, 5.41) is 6.75. The van der Waals surface area contributed by atoms with Crippen molar-refractivity contribution >= 4 is 5.96 Å². The first-order valence-corrected chi connectivity index (χ1v) is 11.8. The summed E-state index contributed by atoms with van der Waals surface area (Å²) in [5.74, 6) is 1.74. The van der Waals surface area contributed by atoms with E-state index in [1.54, 1.807) is 0 Å². The van der Waals surface area contributed by atoms with E-state index in [0.717, 1.165) is 69.4 Å². The number of hydrogen-bond acceptors (Lipinski definition) is 4. The van der Waals surface area contributed by atoms with Gasteiger partial charge in [0.15, 0.2) is 5.96 Å². The fourth-order valence-corrected chi connectivity index (χ4v) is 3.83. The molecule has 6 nitrogen and oxygen atoms in total. The van der Waals surface area contributed by atoms with Crippen LogP contribution in [0.15, 0.2) is 59.6 Å². The highest BCUT2D eigenvalue weighted by Crippen LogP contribution is 2.15. The van der Waals surface area contributed by atoms with Gasteiger partial charge in [0.2, 0.25) is 0 Å². The molecular formula is C26H38N4O2. The van der Waals surface area contributed by atoms with E-state index in [-0.39, 0.29) is 0 Å². The lowest BCUT2D eigenvalue weighted by atomic mass is 10.1. The Kier molecular flexibility index (Phi) is 10.4. The van der Waals surface area contributed by atoms with Crippen molar-refractivity contribution in [2.75, 3.05) is 46.5 Å². The second-order valence-corrected chi connectivity index (χ2v) is 8.18. The average molecular weight is 439 g/mol. The lowest BCUT2D eigenvalue weighted by molar-refractivity contribution is 0.0392. The Labute approximate surface area is 193 Å². The topological polar surface area (TPSA) is 58.1 Å². The van der Waals surface area contributed by atoms with Gasteiger partial charge in [-0.3, -0.25) is 4.90 Å². The Hall–Kier alpha value is -2.57. The Balaban J connectivity index is 1.44. The first-order chi connectivity index (χ1) is 15.7. The standard InChI is InChI=1S/C26H38N4O2/c1-3-27-26(28-15-12-22-8-5-4-6-9-22)29-21-23-10-7-11-25(20-23)32-19-16-30(2)24-13-17-31-18-14-24/h4-11,20,24H,3,12-19,21H2,1-2H3,(H2,27,28,29).